The minimum absolute atomic E-state index is 0.119. The predicted molar refractivity (Wildman–Crippen MR) is 81.8 cm³/mol. The number of aromatic amines is 1. The average Bonchev–Trinajstić information content (AvgIpc) is 2.92. The van der Waals surface area contributed by atoms with Gasteiger partial charge in [0.2, 0.25) is 5.91 Å². The Morgan fingerprint density at radius 1 is 1.38 bits per heavy atom. The van der Waals surface area contributed by atoms with E-state index in [0.717, 1.165) is 5.69 Å². The summed E-state index contributed by atoms with van der Waals surface area (Å²) < 4.78 is 0. The molecule has 0 aliphatic carbocycles. The van der Waals surface area contributed by atoms with Gasteiger partial charge in [-0.15, -0.1) is 6.58 Å². The second-order valence-electron chi connectivity index (χ2n) is 4.69. The summed E-state index contributed by atoms with van der Waals surface area (Å²) in [5.74, 6) is 1.06. The number of amides is 1. The van der Waals surface area contributed by atoms with E-state index in [4.69, 9.17) is 0 Å². The highest BCUT2D eigenvalue weighted by molar-refractivity contribution is 5.77. The fraction of sp³-hybridized carbons (Fsp3) is 0.267. The molecule has 0 spiro atoms. The van der Waals surface area contributed by atoms with Crippen LogP contribution in [0.3, 0.4) is 0 Å². The molecule has 6 heteroatoms. The average molecular weight is 285 g/mol. The normalized spacial score (nSPS) is 10.1. The van der Waals surface area contributed by atoms with Gasteiger partial charge >= 0.3 is 0 Å². The van der Waals surface area contributed by atoms with Crippen molar-refractivity contribution in [2.24, 2.45) is 0 Å². The van der Waals surface area contributed by atoms with E-state index < -0.39 is 0 Å². The van der Waals surface area contributed by atoms with Crippen LogP contribution in [-0.2, 0) is 17.8 Å². The van der Waals surface area contributed by atoms with Crippen molar-refractivity contribution in [1.29, 1.82) is 0 Å². The molecule has 0 fully saturated rings. The standard InChI is InChI=1S/C15H19N5O/c1-3-8-16-15(21)9-13-18-14(20-19-13)10-17-12-6-4-11(2)5-7-12/h3-7,17H,1,8-10H2,2H3,(H,16,21)(H,18,19,20). The van der Waals surface area contributed by atoms with Gasteiger partial charge < -0.3 is 10.6 Å². The number of nitrogens with zero attached hydrogens (tertiary/aromatic N) is 2. The summed E-state index contributed by atoms with van der Waals surface area (Å²) in [5, 5.41) is 12.8. The Bertz CT molecular complexity index is 603. The van der Waals surface area contributed by atoms with Crippen molar-refractivity contribution in [3.05, 3.63) is 54.1 Å². The molecule has 1 heterocycles. The largest absolute Gasteiger partial charge is 0.378 e. The molecular weight excluding hydrogens is 266 g/mol. The quantitative estimate of drug-likeness (QED) is 0.674. The van der Waals surface area contributed by atoms with Crippen molar-refractivity contribution in [1.82, 2.24) is 20.5 Å². The second-order valence-corrected chi connectivity index (χ2v) is 4.69. The number of rotatable bonds is 7. The molecule has 2 aromatic rings. The van der Waals surface area contributed by atoms with Gasteiger partial charge in [-0.1, -0.05) is 23.8 Å². The van der Waals surface area contributed by atoms with Crippen molar-refractivity contribution in [3.8, 4) is 0 Å². The molecule has 21 heavy (non-hydrogen) atoms. The van der Waals surface area contributed by atoms with E-state index in [-0.39, 0.29) is 12.3 Å². The van der Waals surface area contributed by atoms with Gasteiger partial charge in [0.1, 0.15) is 5.82 Å². The lowest BCUT2D eigenvalue weighted by Crippen LogP contribution is -2.25. The minimum Gasteiger partial charge on any atom is -0.378 e. The smallest absolute Gasteiger partial charge is 0.227 e. The van der Waals surface area contributed by atoms with Crippen LogP contribution in [0, 0.1) is 6.92 Å². The van der Waals surface area contributed by atoms with Crippen LogP contribution in [0.4, 0.5) is 5.69 Å². The number of aryl methyl sites for hydroxylation is 1. The highest BCUT2D eigenvalue weighted by Gasteiger charge is 2.08. The molecule has 1 aromatic carbocycles. The first-order valence-electron chi connectivity index (χ1n) is 6.75. The van der Waals surface area contributed by atoms with E-state index in [0.29, 0.717) is 24.7 Å². The lowest BCUT2D eigenvalue weighted by Gasteiger charge is -2.03. The molecule has 6 nitrogen and oxygen atoms in total. The molecule has 0 saturated carbocycles. The molecule has 3 N–H and O–H groups in total. The maximum atomic E-state index is 11.5. The zero-order chi connectivity index (χ0) is 15.1. The molecule has 0 aliphatic rings. The monoisotopic (exact) mass is 285 g/mol. The Balaban J connectivity index is 1.84. The summed E-state index contributed by atoms with van der Waals surface area (Å²) in [6, 6.07) is 8.10. The second kappa shape index (κ2) is 7.23. The van der Waals surface area contributed by atoms with E-state index in [1.165, 1.54) is 5.56 Å². The van der Waals surface area contributed by atoms with E-state index in [9.17, 15) is 4.79 Å². The summed E-state index contributed by atoms with van der Waals surface area (Å²) in [5.41, 5.74) is 2.23. The van der Waals surface area contributed by atoms with Gasteiger partial charge in [0.15, 0.2) is 5.82 Å². The third kappa shape index (κ3) is 4.76. The number of hydrogen-bond acceptors (Lipinski definition) is 4. The number of carbonyl (C=O) groups excluding carboxylic acids is 1. The summed E-state index contributed by atoms with van der Waals surface area (Å²) in [6.45, 7) is 6.57. The topological polar surface area (TPSA) is 82.7 Å². The van der Waals surface area contributed by atoms with Crippen LogP contribution in [0.15, 0.2) is 36.9 Å². The lowest BCUT2D eigenvalue weighted by atomic mass is 10.2. The molecule has 0 unspecified atom stereocenters. The Morgan fingerprint density at radius 3 is 2.86 bits per heavy atom. The van der Waals surface area contributed by atoms with E-state index >= 15 is 0 Å². The molecular formula is C15H19N5O. The Morgan fingerprint density at radius 2 is 2.14 bits per heavy atom. The van der Waals surface area contributed by atoms with Gasteiger partial charge in [0.25, 0.3) is 0 Å². The predicted octanol–water partition coefficient (Wildman–Crippen LogP) is 1.57. The van der Waals surface area contributed by atoms with Crippen LogP contribution >= 0.6 is 0 Å². The number of aromatic nitrogens is 3. The fourth-order valence-electron chi connectivity index (χ4n) is 1.74. The molecule has 0 bridgehead atoms. The number of anilines is 1. The zero-order valence-electron chi connectivity index (χ0n) is 12.0. The van der Waals surface area contributed by atoms with Gasteiger partial charge in [0.05, 0.1) is 13.0 Å². The Hall–Kier alpha value is -2.63. The SMILES string of the molecule is C=CCNC(=O)Cc1n[nH]c(CNc2ccc(C)cc2)n1. The van der Waals surface area contributed by atoms with Crippen molar-refractivity contribution >= 4 is 11.6 Å². The van der Waals surface area contributed by atoms with Crippen LogP contribution in [0.5, 0.6) is 0 Å². The van der Waals surface area contributed by atoms with E-state index in [1.807, 2.05) is 31.2 Å². The molecule has 1 aromatic heterocycles. The zero-order valence-corrected chi connectivity index (χ0v) is 12.0. The minimum atomic E-state index is -0.119. The number of hydrogen-bond donors (Lipinski definition) is 3. The Kier molecular flexibility index (Phi) is 5.09. The summed E-state index contributed by atoms with van der Waals surface area (Å²) >= 11 is 0. The number of H-pyrrole nitrogens is 1. The molecule has 110 valence electrons. The molecule has 0 saturated heterocycles. The molecule has 0 radical (unpaired) electrons. The van der Waals surface area contributed by atoms with Crippen molar-refractivity contribution < 1.29 is 4.79 Å². The molecule has 0 atom stereocenters. The van der Waals surface area contributed by atoms with Gasteiger partial charge in [-0.25, -0.2) is 4.98 Å². The van der Waals surface area contributed by atoms with Crippen LogP contribution in [0.2, 0.25) is 0 Å². The summed E-state index contributed by atoms with van der Waals surface area (Å²) in [6.07, 6.45) is 1.79. The summed E-state index contributed by atoms with van der Waals surface area (Å²) in [4.78, 5) is 15.8. The van der Waals surface area contributed by atoms with Gasteiger partial charge in [-0.3, -0.25) is 9.89 Å². The third-order valence-electron chi connectivity index (χ3n) is 2.85. The first kappa shape index (κ1) is 14.8. The molecule has 1 amide bonds. The van der Waals surface area contributed by atoms with Crippen LogP contribution < -0.4 is 10.6 Å². The number of carbonyl (C=O) groups is 1. The van der Waals surface area contributed by atoms with Crippen molar-refractivity contribution in [2.45, 2.75) is 19.9 Å². The van der Waals surface area contributed by atoms with Crippen LogP contribution in [0.25, 0.3) is 0 Å². The Labute approximate surface area is 123 Å². The highest BCUT2D eigenvalue weighted by Crippen LogP contribution is 2.09. The first-order chi connectivity index (χ1) is 10.2. The van der Waals surface area contributed by atoms with Crippen molar-refractivity contribution in [3.63, 3.8) is 0 Å². The fourth-order valence-corrected chi connectivity index (χ4v) is 1.74. The molecule has 2 rings (SSSR count). The summed E-state index contributed by atoms with van der Waals surface area (Å²) in [7, 11) is 0. The van der Waals surface area contributed by atoms with Gasteiger partial charge in [-0.05, 0) is 19.1 Å². The highest BCUT2D eigenvalue weighted by atomic mass is 16.1. The maximum Gasteiger partial charge on any atom is 0.227 e. The van der Waals surface area contributed by atoms with Gasteiger partial charge in [-0.2, -0.15) is 5.10 Å². The van der Waals surface area contributed by atoms with E-state index in [2.05, 4.69) is 32.4 Å². The number of benzene rings is 1. The van der Waals surface area contributed by atoms with Gasteiger partial charge in [0, 0.05) is 12.2 Å². The number of nitrogens with one attached hydrogen (secondary N) is 3. The first-order valence-corrected chi connectivity index (χ1v) is 6.75. The lowest BCUT2D eigenvalue weighted by molar-refractivity contribution is -0.120. The van der Waals surface area contributed by atoms with Crippen LogP contribution in [0.1, 0.15) is 17.2 Å². The maximum absolute atomic E-state index is 11.5. The van der Waals surface area contributed by atoms with Crippen molar-refractivity contribution in [2.75, 3.05) is 11.9 Å². The molecule has 0 aliphatic heterocycles. The van der Waals surface area contributed by atoms with Crippen LogP contribution in [-0.4, -0.2) is 27.6 Å². The van der Waals surface area contributed by atoms with E-state index in [1.54, 1.807) is 6.08 Å². The third-order valence-corrected chi connectivity index (χ3v) is 2.85.